The standard InChI is InChI=1S/C21H17N5OS/c1-25(12-14-13-28-18-10-6-5-9-16(14)18)21-23-19-17(20(27)24-21)11-22-26(19)15-7-3-2-4-8-15/h2-11,13H,12H2,1H3,(H,23,24,27). The highest BCUT2D eigenvalue weighted by atomic mass is 32.1. The van der Waals surface area contributed by atoms with E-state index in [2.05, 4.69) is 27.6 Å². The number of fused-ring (bicyclic) bond motifs is 2. The Morgan fingerprint density at radius 1 is 1.07 bits per heavy atom. The Labute approximate surface area is 164 Å². The van der Waals surface area contributed by atoms with Crippen LogP contribution in [0.4, 0.5) is 5.95 Å². The molecule has 0 saturated carbocycles. The van der Waals surface area contributed by atoms with Gasteiger partial charge in [0.1, 0.15) is 5.39 Å². The van der Waals surface area contributed by atoms with Crippen molar-refractivity contribution >= 4 is 38.4 Å². The lowest BCUT2D eigenvalue weighted by Crippen LogP contribution is -2.22. The molecule has 0 aliphatic heterocycles. The largest absolute Gasteiger partial charge is 0.341 e. The lowest BCUT2D eigenvalue weighted by atomic mass is 10.2. The smallest absolute Gasteiger partial charge is 0.263 e. The highest BCUT2D eigenvalue weighted by Crippen LogP contribution is 2.27. The quantitative estimate of drug-likeness (QED) is 0.507. The van der Waals surface area contributed by atoms with E-state index < -0.39 is 0 Å². The Morgan fingerprint density at radius 3 is 2.71 bits per heavy atom. The Morgan fingerprint density at radius 2 is 1.86 bits per heavy atom. The predicted molar refractivity (Wildman–Crippen MR) is 113 cm³/mol. The van der Waals surface area contributed by atoms with Crippen LogP contribution in [0.2, 0.25) is 0 Å². The number of para-hydroxylation sites is 1. The van der Waals surface area contributed by atoms with Gasteiger partial charge in [0.2, 0.25) is 5.95 Å². The van der Waals surface area contributed by atoms with Crippen molar-refractivity contribution in [1.29, 1.82) is 0 Å². The first-order valence-electron chi connectivity index (χ1n) is 8.90. The zero-order valence-electron chi connectivity index (χ0n) is 15.2. The van der Waals surface area contributed by atoms with Crippen LogP contribution < -0.4 is 10.5 Å². The molecule has 0 unspecified atom stereocenters. The average molecular weight is 387 g/mol. The normalized spacial score (nSPS) is 11.3. The summed E-state index contributed by atoms with van der Waals surface area (Å²) in [7, 11) is 1.93. The van der Waals surface area contributed by atoms with E-state index in [1.165, 1.54) is 15.6 Å². The number of thiophene rings is 1. The van der Waals surface area contributed by atoms with Gasteiger partial charge in [0, 0.05) is 18.3 Å². The fraction of sp³-hybridized carbons (Fsp3) is 0.0952. The summed E-state index contributed by atoms with van der Waals surface area (Å²) in [5.41, 5.74) is 2.44. The van der Waals surface area contributed by atoms with Gasteiger partial charge in [-0.25, -0.2) is 4.68 Å². The van der Waals surface area contributed by atoms with E-state index in [4.69, 9.17) is 4.98 Å². The lowest BCUT2D eigenvalue weighted by molar-refractivity contribution is 0.856. The van der Waals surface area contributed by atoms with Crippen LogP contribution in [0, 0.1) is 0 Å². The van der Waals surface area contributed by atoms with Crippen LogP contribution in [0.25, 0.3) is 26.8 Å². The lowest BCUT2D eigenvalue weighted by Gasteiger charge is -2.17. The molecule has 6 nitrogen and oxygen atoms in total. The summed E-state index contributed by atoms with van der Waals surface area (Å²) in [5, 5.41) is 8.23. The van der Waals surface area contributed by atoms with Crippen LogP contribution in [0.1, 0.15) is 5.56 Å². The second kappa shape index (κ2) is 6.61. The Balaban J connectivity index is 1.56. The van der Waals surface area contributed by atoms with Crippen LogP contribution >= 0.6 is 11.3 Å². The third-order valence-electron chi connectivity index (χ3n) is 4.76. The molecule has 3 aromatic heterocycles. The maximum Gasteiger partial charge on any atom is 0.263 e. The molecule has 3 heterocycles. The molecule has 0 fully saturated rings. The Bertz CT molecular complexity index is 1340. The van der Waals surface area contributed by atoms with Gasteiger partial charge in [-0.05, 0) is 34.5 Å². The van der Waals surface area contributed by atoms with E-state index in [9.17, 15) is 4.79 Å². The summed E-state index contributed by atoms with van der Waals surface area (Å²) in [6, 6.07) is 18.0. The molecule has 0 bridgehead atoms. The molecule has 0 atom stereocenters. The summed E-state index contributed by atoms with van der Waals surface area (Å²) in [6.07, 6.45) is 1.56. The first-order valence-corrected chi connectivity index (χ1v) is 9.78. The summed E-state index contributed by atoms with van der Waals surface area (Å²) in [4.78, 5) is 22.1. The van der Waals surface area contributed by atoms with Crippen LogP contribution in [0.3, 0.4) is 0 Å². The van der Waals surface area contributed by atoms with Crippen LogP contribution in [-0.4, -0.2) is 26.8 Å². The molecule has 5 aromatic rings. The highest BCUT2D eigenvalue weighted by Gasteiger charge is 2.15. The molecule has 2 aromatic carbocycles. The van der Waals surface area contributed by atoms with E-state index in [-0.39, 0.29) is 5.56 Å². The molecule has 0 radical (unpaired) electrons. The third kappa shape index (κ3) is 2.76. The maximum atomic E-state index is 12.6. The molecule has 138 valence electrons. The average Bonchev–Trinajstić information content (AvgIpc) is 3.33. The molecular formula is C21H17N5OS. The number of hydrogen-bond acceptors (Lipinski definition) is 5. The van der Waals surface area contributed by atoms with Crippen molar-refractivity contribution < 1.29 is 0 Å². The van der Waals surface area contributed by atoms with E-state index in [1.807, 2.05) is 54.4 Å². The van der Waals surface area contributed by atoms with Gasteiger partial charge < -0.3 is 4.90 Å². The predicted octanol–water partition coefficient (Wildman–Crippen LogP) is 3.96. The minimum atomic E-state index is -0.191. The SMILES string of the molecule is CN(Cc1csc2ccccc12)c1nc2c(cnn2-c2ccccc2)c(=O)[nH]1. The molecule has 0 aliphatic rings. The number of aromatic nitrogens is 4. The van der Waals surface area contributed by atoms with E-state index in [1.54, 1.807) is 22.2 Å². The Kier molecular flexibility index (Phi) is 3.95. The van der Waals surface area contributed by atoms with Crippen LogP contribution in [-0.2, 0) is 6.54 Å². The number of aromatic amines is 1. The minimum Gasteiger partial charge on any atom is -0.341 e. The fourth-order valence-corrected chi connectivity index (χ4v) is 4.29. The molecule has 0 saturated heterocycles. The fourth-order valence-electron chi connectivity index (χ4n) is 3.33. The van der Waals surface area contributed by atoms with Crippen LogP contribution in [0.15, 0.2) is 71.0 Å². The highest BCUT2D eigenvalue weighted by molar-refractivity contribution is 7.17. The van der Waals surface area contributed by atoms with Crippen molar-refractivity contribution in [2.75, 3.05) is 11.9 Å². The maximum absolute atomic E-state index is 12.6. The molecular weight excluding hydrogens is 370 g/mol. The monoisotopic (exact) mass is 387 g/mol. The van der Waals surface area contributed by atoms with Gasteiger partial charge in [-0.3, -0.25) is 9.78 Å². The first kappa shape index (κ1) is 16.7. The zero-order valence-corrected chi connectivity index (χ0v) is 16.0. The number of hydrogen-bond donors (Lipinski definition) is 1. The second-order valence-electron chi connectivity index (χ2n) is 6.63. The Hall–Kier alpha value is -3.45. The minimum absolute atomic E-state index is 0.191. The van der Waals surface area contributed by atoms with Gasteiger partial charge in [0.15, 0.2) is 5.65 Å². The topological polar surface area (TPSA) is 66.8 Å². The van der Waals surface area contributed by atoms with Crippen molar-refractivity contribution in [2.24, 2.45) is 0 Å². The summed E-state index contributed by atoms with van der Waals surface area (Å²) >= 11 is 1.72. The van der Waals surface area contributed by atoms with Crippen molar-refractivity contribution in [3.8, 4) is 5.69 Å². The number of nitrogens with one attached hydrogen (secondary N) is 1. The molecule has 1 N–H and O–H groups in total. The van der Waals surface area contributed by atoms with Gasteiger partial charge in [-0.1, -0.05) is 36.4 Å². The number of anilines is 1. The van der Waals surface area contributed by atoms with Crippen molar-refractivity contribution in [3.63, 3.8) is 0 Å². The number of nitrogens with zero attached hydrogens (tertiary/aromatic N) is 4. The number of rotatable bonds is 4. The van der Waals surface area contributed by atoms with Crippen molar-refractivity contribution in [3.05, 3.63) is 82.1 Å². The van der Waals surface area contributed by atoms with Crippen molar-refractivity contribution in [2.45, 2.75) is 6.54 Å². The zero-order chi connectivity index (χ0) is 19.1. The molecule has 0 amide bonds. The second-order valence-corrected chi connectivity index (χ2v) is 7.54. The molecule has 28 heavy (non-hydrogen) atoms. The number of H-pyrrole nitrogens is 1. The van der Waals surface area contributed by atoms with Gasteiger partial charge in [0.25, 0.3) is 5.56 Å². The summed E-state index contributed by atoms with van der Waals surface area (Å²) < 4.78 is 2.95. The van der Waals surface area contributed by atoms with E-state index >= 15 is 0 Å². The van der Waals surface area contributed by atoms with Crippen molar-refractivity contribution in [1.82, 2.24) is 19.7 Å². The molecule has 5 rings (SSSR count). The molecule has 0 spiro atoms. The van der Waals surface area contributed by atoms with E-state index in [0.717, 1.165) is 5.69 Å². The third-order valence-corrected chi connectivity index (χ3v) is 5.77. The van der Waals surface area contributed by atoms with Crippen LogP contribution in [0.5, 0.6) is 0 Å². The van der Waals surface area contributed by atoms with Gasteiger partial charge >= 0.3 is 0 Å². The van der Waals surface area contributed by atoms with Gasteiger partial charge in [-0.2, -0.15) is 10.1 Å². The summed E-state index contributed by atoms with van der Waals surface area (Å²) in [5.74, 6) is 0.519. The number of benzene rings is 2. The van der Waals surface area contributed by atoms with Gasteiger partial charge in [0.05, 0.1) is 11.9 Å². The molecule has 0 aliphatic carbocycles. The van der Waals surface area contributed by atoms with Gasteiger partial charge in [-0.15, -0.1) is 11.3 Å². The summed E-state index contributed by atoms with van der Waals surface area (Å²) in [6.45, 7) is 0.651. The molecule has 7 heteroatoms. The van der Waals surface area contributed by atoms with E-state index in [0.29, 0.717) is 23.5 Å². The first-order chi connectivity index (χ1) is 13.7.